The molecule has 0 aliphatic rings. The number of methoxy groups -OCH3 is 1. The molecule has 0 N–H and O–H groups in total. The zero-order valence-electron chi connectivity index (χ0n) is 11.5. The van der Waals surface area contributed by atoms with Gasteiger partial charge in [0.1, 0.15) is 5.75 Å². The maximum atomic E-state index is 12.1. The number of hydrogen-bond acceptors (Lipinski definition) is 4. The third kappa shape index (κ3) is 4.62. The van der Waals surface area contributed by atoms with E-state index in [1.165, 1.54) is 4.90 Å². The standard InChI is InChI=1S/C14H19NO4/c1-4-19-13(16)8-9-15(2)14(17)11-6-5-7-12(10-11)18-3/h5-7,10H,4,8-9H2,1-3H3. The zero-order chi connectivity index (χ0) is 14.3. The number of nitrogens with zero attached hydrogens (tertiary/aromatic N) is 1. The topological polar surface area (TPSA) is 55.8 Å². The molecule has 0 saturated heterocycles. The molecule has 0 atom stereocenters. The average Bonchev–Trinajstić information content (AvgIpc) is 2.44. The average molecular weight is 265 g/mol. The van der Waals surface area contributed by atoms with Gasteiger partial charge in [-0.3, -0.25) is 9.59 Å². The Labute approximate surface area is 113 Å². The summed E-state index contributed by atoms with van der Waals surface area (Å²) in [5.41, 5.74) is 0.533. The summed E-state index contributed by atoms with van der Waals surface area (Å²) in [6.45, 7) is 2.43. The van der Waals surface area contributed by atoms with Gasteiger partial charge in [0.15, 0.2) is 0 Å². The van der Waals surface area contributed by atoms with Crippen LogP contribution in [-0.2, 0) is 9.53 Å². The summed E-state index contributed by atoms with van der Waals surface area (Å²) in [6.07, 6.45) is 0.194. The van der Waals surface area contributed by atoms with Gasteiger partial charge in [-0.2, -0.15) is 0 Å². The first kappa shape index (κ1) is 15.0. The summed E-state index contributed by atoms with van der Waals surface area (Å²) < 4.78 is 9.89. The van der Waals surface area contributed by atoms with E-state index in [9.17, 15) is 9.59 Å². The molecular weight excluding hydrogens is 246 g/mol. The number of benzene rings is 1. The highest BCUT2D eigenvalue weighted by Gasteiger charge is 2.13. The molecule has 0 fully saturated rings. The van der Waals surface area contributed by atoms with E-state index in [1.807, 2.05) is 0 Å². The second-order valence-electron chi connectivity index (χ2n) is 4.01. The minimum atomic E-state index is -0.298. The Kier molecular flexibility index (Phi) is 5.85. The smallest absolute Gasteiger partial charge is 0.307 e. The lowest BCUT2D eigenvalue weighted by molar-refractivity contribution is -0.143. The van der Waals surface area contributed by atoms with Crippen molar-refractivity contribution in [3.63, 3.8) is 0 Å². The summed E-state index contributed by atoms with van der Waals surface area (Å²) in [7, 11) is 3.20. The Balaban J connectivity index is 2.58. The largest absolute Gasteiger partial charge is 0.497 e. The summed E-state index contributed by atoms with van der Waals surface area (Å²) in [5, 5.41) is 0. The van der Waals surface area contributed by atoms with E-state index in [1.54, 1.807) is 45.3 Å². The number of rotatable bonds is 6. The number of carbonyl (C=O) groups excluding carboxylic acids is 2. The summed E-state index contributed by atoms with van der Waals surface area (Å²) in [4.78, 5) is 24.8. The van der Waals surface area contributed by atoms with Gasteiger partial charge in [-0.05, 0) is 25.1 Å². The minimum absolute atomic E-state index is 0.150. The third-order valence-corrected chi connectivity index (χ3v) is 2.62. The highest BCUT2D eigenvalue weighted by Crippen LogP contribution is 2.14. The van der Waals surface area contributed by atoms with Crippen molar-refractivity contribution >= 4 is 11.9 Å². The van der Waals surface area contributed by atoms with Crippen molar-refractivity contribution in [2.75, 3.05) is 27.3 Å². The molecule has 0 aromatic heterocycles. The van der Waals surface area contributed by atoms with Crippen molar-refractivity contribution in [1.29, 1.82) is 0 Å². The Morgan fingerprint density at radius 2 is 2.05 bits per heavy atom. The molecule has 0 heterocycles. The Morgan fingerprint density at radius 3 is 2.68 bits per heavy atom. The van der Waals surface area contributed by atoms with Crippen molar-refractivity contribution in [2.45, 2.75) is 13.3 Å². The van der Waals surface area contributed by atoms with Crippen LogP contribution in [0.5, 0.6) is 5.75 Å². The molecule has 1 rings (SSSR count). The van der Waals surface area contributed by atoms with Gasteiger partial charge in [-0.25, -0.2) is 0 Å². The van der Waals surface area contributed by atoms with Crippen molar-refractivity contribution in [3.05, 3.63) is 29.8 Å². The van der Waals surface area contributed by atoms with Gasteiger partial charge in [0.25, 0.3) is 5.91 Å². The molecule has 0 saturated carbocycles. The fourth-order valence-corrected chi connectivity index (χ4v) is 1.57. The molecule has 0 aliphatic carbocycles. The van der Waals surface area contributed by atoms with Crippen LogP contribution in [0.3, 0.4) is 0 Å². The van der Waals surface area contributed by atoms with E-state index in [-0.39, 0.29) is 18.3 Å². The van der Waals surface area contributed by atoms with Gasteiger partial charge in [0, 0.05) is 19.2 Å². The molecule has 1 aromatic rings. The van der Waals surface area contributed by atoms with Gasteiger partial charge in [0.2, 0.25) is 0 Å². The Hall–Kier alpha value is -2.04. The van der Waals surface area contributed by atoms with Crippen LogP contribution in [0.4, 0.5) is 0 Å². The van der Waals surface area contributed by atoms with Crippen LogP contribution in [0, 0.1) is 0 Å². The number of esters is 1. The number of carbonyl (C=O) groups is 2. The summed E-state index contributed by atoms with van der Waals surface area (Å²) in [5.74, 6) is 0.181. The minimum Gasteiger partial charge on any atom is -0.497 e. The van der Waals surface area contributed by atoms with Crippen molar-refractivity contribution in [1.82, 2.24) is 4.90 Å². The molecule has 0 radical (unpaired) electrons. The molecule has 5 heteroatoms. The van der Waals surface area contributed by atoms with Gasteiger partial charge >= 0.3 is 5.97 Å². The maximum Gasteiger partial charge on any atom is 0.307 e. The van der Waals surface area contributed by atoms with E-state index in [4.69, 9.17) is 9.47 Å². The van der Waals surface area contributed by atoms with Gasteiger partial charge < -0.3 is 14.4 Å². The van der Waals surface area contributed by atoms with Crippen LogP contribution in [-0.4, -0.2) is 44.1 Å². The molecule has 19 heavy (non-hydrogen) atoms. The molecule has 0 aliphatic heterocycles. The highest BCUT2D eigenvalue weighted by molar-refractivity contribution is 5.94. The zero-order valence-corrected chi connectivity index (χ0v) is 11.5. The molecular formula is C14H19NO4. The quantitative estimate of drug-likeness (QED) is 0.735. The number of ether oxygens (including phenoxy) is 2. The predicted octanol–water partition coefficient (Wildman–Crippen LogP) is 1.72. The molecule has 0 unspecified atom stereocenters. The fraction of sp³-hybridized carbons (Fsp3) is 0.429. The second kappa shape index (κ2) is 7.41. The normalized spacial score (nSPS) is 9.84. The Bertz CT molecular complexity index is 445. The van der Waals surface area contributed by atoms with Crippen molar-refractivity contribution in [3.8, 4) is 5.75 Å². The lowest BCUT2D eigenvalue weighted by Gasteiger charge is -2.17. The van der Waals surface area contributed by atoms with E-state index in [0.29, 0.717) is 24.5 Å². The lowest BCUT2D eigenvalue weighted by Crippen LogP contribution is -2.29. The van der Waals surface area contributed by atoms with Crippen LogP contribution < -0.4 is 4.74 Å². The fourth-order valence-electron chi connectivity index (χ4n) is 1.57. The van der Waals surface area contributed by atoms with Crippen LogP contribution in [0.25, 0.3) is 0 Å². The van der Waals surface area contributed by atoms with Gasteiger partial charge in [0.05, 0.1) is 20.1 Å². The van der Waals surface area contributed by atoms with Crippen LogP contribution >= 0.6 is 0 Å². The van der Waals surface area contributed by atoms with Crippen molar-refractivity contribution < 1.29 is 19.1 Å². The highest BCUT2D eigenvalue weighted by atomic mass is 16.5. The second-order valence-corrected chi connectivity index (χ2v) is 4.01. The van der Waals surface area contributed by atoms with E-state index >= 15 is 0 Å². The van der Waals surface area contributed by atoms with E-state index < -0.39 is 0 Å². The first-order valence-corrected chi connectivity index (χ1v) is 6.13. The van der Waals surface area contributed by atoms with Gasteiger partial charge in [-0.1, -0.05) is 6.07 Å². The molecule has 104 valence electrons. The van der Waals surface area contributed by atoms with Gasteiger partial charge in [-0.15, -0.1) is 0 Å². The maximum absolute atomic E-state index is 12.1. The SMILES string of the molecule is CCOC(=O)CCN(C)C(=O)c1cccc(OC)c1. The molecule has 1 amide bonds. The van der Waals surface area contributed by atoms with E-state index in [2.05, 4.69) is 0 Å². The molecule has 1 aromatic carbocycles. The summed E-state index contributed by atoms with van der Waals surface area (Å²) >= 11 is 0. The summed E-state index contributed by atoms with van der Waals surface area (Å²) in [6, 6.07) is 6.91. The monoisotopic (exact) mass is 265 g/mol. The molecule has 0 bridgehead atoms. The van der Waals surface area contributed by atoms with Crippen LogP contribution in [0.1, 0.15) is 23.7 Å². The lowest BCUT2D eigenvalue weighted by atomic mass is 10.2. The number of amides is 1. The Morgan fingerprint density at radius 1 is 1.32 bits per heavy atom. The molecule has 5 nitrogen and oxygen atoms in total. The number of hydrogen-bond donors (Lipinski definition) is 0. The van der Waals surface area contributed by atoms with E-state index in [0.717, 1.165) is 0 Å². The van der Waals surface area contributed by atoms with Crippen molar-refractivity contribution in [2.24, 2.45) is 0 Å². The third-order valence-electron chi connectivity index (χ3n) is 2.62. The predicted molar refractivity (Wildman–Crippen MR) is 71.2 cm³/mol. The first-order chi connectivity index (χ1) is 9.08. The van der Waals surface area contributed by atoms with Crippen LogP contribution in [0.15, 0.2) is 24.3 Å². The first-order valence-electron chi connectivity index (χ1n) is 6.13. The van der Waals surface area contributed by atoms with Crippen LogP contribution in [0.2, 0.25) is 0 Å². The molecule has 0 spiro atoms.